The second-order valence-electron chi connectivity index (χ2n) is 8.83. The fraction of sp³-hybridized carbons (Fsp3) is 0.179. The second kappa shape index (κ2) is 10.5. The number of allylic oxidation sites excluding steroid dienone is 1. The Balaban J connectivity index is 1.63. The van der Waals surface area contributed by atoms with Gasteiger partial charge < -0.3 is 9.15 Å². The van der Waals surface area contributed by atoms with E-state index in [2.05, 4.69) is 4.99 Å². The second-order valence-corrected chi connectivity index (χ2v) is 10.3. The van der Waals surface area contributed by atoms with Crippen LogP contribution in [0.2, 0.25) is 5.02 Å². The van der Waals surface area contributed by atoms with Crippen LogP contribution in [0.15, 0.2) is 80.1 Å². The lowest BCUT2D eigenvalue weighted by molar-refractivity contribution is -0.384. The molecular weight excluding hydrogens is 542 g/mol. The van der Waals surface area contributed by atoms with Crippen LogP contribution in [0.4, 0.5) is 5.69 Å². The Morgan fingerprint density at radius 2 is 1.95 bits per heavy atom. The van der Waals surface area contributed by atoms with Crippen molar-refractivity contribution in [2.24, 2.45) is 4.99 Å². The molecule has 3 heterocycles. The lowest BCUT2D eigenvalue weighted by atomic mass is 9.95. The number of nitro benzene ring substituents is 1. The molecule has 0 amide bonds. The van der Waals surface area contributed by atoms with E-state index in [1.165, 1.54) is 16.7 Å². The molecule has 0 N–H and O–H groups in total. The number of rotatable bonds is 6. The van der Waals surface area contributed by atoms with Gasteiger partial charge in [0.25, 0.3) is 11.2 Å². The zero-order valence-corrected chi connectivity index (χ0v) is 22.7. The van der Waals surface area contributed by atoms with Crippen molar-refractivity contribution in [2.75, 3.05) is 6.61 Å². The Labute approximate surface area is 231 Å². The average molecular weight is 564 g/mol. The Kier molecular flexibility index (Phi) is 7.07. The first-order chi connectivity index (χ1) is 18.7. The van der Waals surface area contributed by atoms with Crippen molar-refractivity contribution in [3.8, 4) is 11.3 Å². The number of hydrogen-bond acceptors (Lipinski definition) is 8. The molecule has 0 spiro atoms. The molecule has 2 aromatic heterocycles. The highest BCUT2D eigenvalue weighted by atomic mass is 35.5. The van der Waals surface area contributed by atoms with Crippen molar-refractivity contribution < 1.29 is 18.9 Å². The van der Waals surface area contributed by atoms with Gasteiger partial charge >= 0.3 is 5.97 Å². The molecule has 0 saturated heterocycles. The molecular formula is C28H22ClN3O6S. The molecule has 1 aliphatic rings. The molecule has 2 aromatic carbocycles. The molecule has 0 bridgehead atoms. The van der Waals surface area contributed by atoms with Crippen molar-refractivity contribution in [3.05, 3.63) is 118 Å². The SMILES string of the molecule is CCOC(=O)C1=C(C)N=c2s/c(=C\c3ccc(-c4ccc(Cl)cc4[N+](=O)[O-])o3)c(=O)n2[C@H]1c1ccc(C)cc1. The van der Waals surface area contributed by atoms with Gasteiger partial charge in [-0.25, -0.2) is 9.79 Å². The minimum Gasteiger partial charge on any atom is -0.463 e. The minimum absolute atomic E-state index is 0.188. The number of hydrogen-bond donors (Lipinski definition) is 0. The zero-order valence-electron chi connectivity index (χ0n) is 21.1. The van der Waals surface area contributed by atoms with Crippen molar-refractivity contribution in [2.45, 2.75) is 26.8 Å². The summed E-state index contributed by atoms with van der Waals surface area (Å²) in [7, 11) is 0. The molecule has 0 radical (unpaired) electrons. The van der Waals surface area contributed by atoms with Gasteiger partial charge in [0.05, 0.1) is 38.9 Å². The maximum Gasteiger partial charge on any atom is 0.338 e. The third kappa shape index (κ3) is 4.96. The van der Waals surface area contributed by atoms with Crippen LogP contribution >= 0.6 is 22.9 Å². The van der Waals surface area contributed by atoms with Crippen LogP contribution in [0.5, 0.6) is 0 Å². The third-order valence-electron chi connectivity index (χ3n) is 6.23. The summed E-state index contributed by atoms with van der Waals surface area (Å²) in [5.41, 5.74) is 2.29. The smallest absolute Gasteiger partial charge is 0.338 e. The largest absolute Gasteiger partial charge is 0.463 e. The van der Waals surface area contributed by atoms with Crippen molar-refractivity contribution in [1.29, 1.82) is 0 Å². The average Bonchev–Trinajstić information content (AvgIpc) is 3.48. The standard InChI is InChI=1S/C28H22ClN3O6S/c1-4-37-27(34)24-16(3)30-28-31(25(24)17-7-5-15(2)6-8-17)26(33)23(39-28)14-19-10-12-22(38-19)20-11-9-18(29)13-21(20)32(35)36/h5-14,25H,4H2,1-3H3/b23-14-/t25-/m0/s1. The summed E-state index contributed by atoms with van der Waals surface area (Å²) in [6.07, 6.45) is 1.56. The molecule has 5 rings (SSSR count). The normalized spacial score (nSPS) is 15.2. The number of benzene rings is 2. The Hall–Kier alpha value is -4.28. The number of thiazole rings is 1. The highest BCUT2D eigenvalue weighted by Gasteiger charge is 2.33. The van der Waals surface area contributed by atoms with Crippen molar-refractivity contribution in [1.82, 2.24) is 4.57 Å². The summed E-state index contributed by atoms with van der Waals surface area (Å²) < 4.78 is 13.0. The number of carbonyl (C=O) groups is 1. The molecule has 0 unspecified atom stereocenters. The number of nitrogens with zero attached hydrogens (tertiary/aromatic N) is 3. The minimum atomic E-state index is -0.716. The zero-order chi connectivity index (χ0) is 27.8. The van der Waals surface area contributed by atoms with Gasteiger partial charge in [-0.05, 0) is 50.6 Å². The molecule has 39 heavy (non-hydrogen) atoms. The van der Waals surface area contributed by atoms with Crippen LogP contribution < -0.4 is 14.9 Å². The molecule has 0 fully saturated rings. The maximum atomic E-state index is 13.7. The van der Waals surface area contributed by atoms with Gasteiger partial charge in [-0.1, -0.05) is 52.8 Å². The Bertz CT molecular complexity index is 1830. The van der Waals surface area contributed by atoms with Gasteiger partial charge in [0.2, 0.25) is 0 Å². The Morgan fingerprint density at radius 1 is 1.21 bits per heavy atom. The number of furan rings is 1. The van der Waals surface area contributed by atoms with E-state index >= 15 is 0 Å². The number of fused-ring (bicyclic) bond motifs is 1. The molecule has 1 aliphatic heterocycles. The highest BCUT2D eigenvalue weighted by Crippen LogP contribution is 2.34. The fourth-order valence-electron chi connectivity index (χ4n) is 4.42. The van der Waals surface area contributed by atoms with E-state index in [0.29, 0.717) is 26.4 Å². The predicted molar refractivity (Wildman–Crippen MR) is 147 cm³/mol. The Morgan fingerprint density at radius 3 is 2.64 bits per heavy atom. The summed E-state index contributed by atoms with van der Waals surface area (Å²) in [6.45, 7) is 5.59. The van der Waals surface area contributed by atoms with E-state index in [1.54, 1.807) is 38.1 Å². The number of ether oxygens (including phenoxy) is 1. The van der Waals surface area contributed by atoms with Crippen LogP contribution in [-0.4, -0.2) is 22.1 Å². The van der Waals surface area contributed by atoms with E-state index in [9.17, 15) is 19.7 Å². The molecule has 0 aliphatic carbocycles. The first-order valence-electron chi connectivity index (χ1n) is 12.0. The van der Waals surface area contributed by atoms with E-state index in [1.807, 2.05) is 31.2 Å². The number of aryl methyl sites for hydroxylation is 1. The third-order valence-corrected chi connectivity index (χ3v) is 7.45. The van der Waals surface area contributed by atoms with Crippen LogP contribution in [0.3, 0.4) is 0 Å². The lowest BCUT2D eigenvalue weighted by Gasteiger charge is -2.24. The van der Waals surface area contributed by atoms with Gasteiger partial charge in [0.15, 0.2) is 4.80 Å². The summed E-state index contributed by atoms with van der Waals surface area (Å²) in [4.78, 5) is 42.7. The van der Waals surface area contributed by atoms with Crippen molar-refractivity contribution in [3.63, 3.8) is 0 Å². The summed E-state index contributed by atoms with van der Waals surface area (Å²) in [5.74, 6) is 0.0573. The van der Waals surface area contributed by atoms with Crippen LogP contribution in [0.25, 0.3) is 17.4 Å². The molecule has 1 atom stereocenters. The molecule has 198 valence electrons. The van der Waals surface area contributed by atoms with Crippen LogP contribution in [-0.2, 0) is 9.53 Å². The fourth-order valence-corrected chi connectivity index (χ4v) is 5.62. The monoisotopic (exact) mass is 563 g/mol. The molecule has 0 saturated carbocycles. The highest BCUT2D eigenvalue weighted by molar-refractivity contribution is 7.07. The van der Waals surface area contributed by atoms with Gasteiger partial charge in [0.1, 0.15) is 11.5 Å². The van der Waals surface area contributed by atoms with E-state index in [-0.39, 0.29) is 34.2 Å². The van der Waals surface area contributed by atoms with Crippen LogP contribution in [0.1, 0.15) is 36.8 Å². The molecule has 11 heteroatoms. The predicted octanol–water partition coefficient (Wildman–Crippen LogP) is 4.93. The summed E-state index contributed by atoms with van der Waals surface area (Å²) in [6, 6.07) is 14.4. The molecule has 9 nitrogen and oxygen atoms in total. The number of esters is 1. The maximum absolute atomic E-state index is 13.7. The number of halogens is 1. The summed E-state index contributed by atoms with van der Waals surface area (Å²) >= 11 is 7.09. The van der Waals surface area contributed by atoms with E-state index in [4.69, 9.17) is 20.8 Å². The van der Waals surface area contributed by atoms with Crippen LogP contribution in [0, 0.1) is 17.0 Å². The van der Waals surface area contributed by atoms with Gasteiger partial charge in [-0.2, -0.15) is 0 Å². The van der Waals surface area contributed by atoms with E-state index < -0.39 is 16.9 Å². The molecule has 4 aromatic rings. The van der Waals surface area contributed by atoms with Gasteiger partial charge in [0, 0.05) is 17.2 Å². The first-order valence-corrected chi connectivity index (χ1v) is 13.2. The van der Waals surface area contributed by atoms with Gasteiger partial charge in [-0.15, -0.1) is 0 Å². The van der Waals surface area contributed by atoms with E-state index in [0.717, 1.165) is 22.5 Å². The number of nitro groups is 1. The van der Waals surface area contributed by atoms with Crippen molar-refractivity contribution >= 4 is 40.7 Å². The number of aromatic nitrogens is 1. The number of carbonyl (C=O) groups excluding carboxylic acids is 1. The lowest BCUT2D eigenvalue weighted by Crippen LogP contribution is -2.39. The van der Waals surface area contributed by atoms with Gasteiger partial charge in [-0.3, -0.25) is 19.5 Å². The summed E-state index contributed by atoms with van der Waals surface area (Å²) in [5, 5.41) is 11.8. The first kappa shape index (κ1) is 26.3. The topological polar surface area (TPSA) is 117 Å². The quantitative estimate of drug-likeness (QED) is 0.186.